The van der Waals surface area contributed by atoms with Crippen LogP contribution in [0.1, 0.15) is 0 Å². The van der Waals surface area contributed by atoms with Crippen molar-refractivity contribution in [2.45, 2.75) is 43.1 Å². The molecule has 10 heteroatoms. The summed E-state index contributed by atoms with van der Waals surface area (Å²) in [6.45, 7) is 3.95. The van der Waals surface area contributed by atoms with Gasteiger partial charge in [-0.15, -0.1) is 0 Å². The average molecular weight is 335 g/mol. The van der Waals surface area contributed by atoms with Crippen molar-refractivity contribution in [2.75, 3.05) is 12.3 Å². The van der Waals surface area contributed by atoms with Crippen LogP contribution < -0.4 is 11.4 Å². The standard InChI is InChI=1S/C12H19F2N3O4Si/c1-22(2,3)12(17-5-4-8(15)16-10(17)20)11(13,14)9(19)7(6-18)21-12/h4-5,7,9,18-19H,6H2,1-3H3,(H2,15,16,20)/t7-,9-,12+/m1/s1. The third-order valence-corrected chi connectivity index (χ3v) is 6.58. The van der Waals surface area contributed by atoms with E-state index < -0.39 is 43.8 Å². The lowest BCUT2D eigenvalue weighted by molar-refractivity contribution is -0.176. The second-order valence-electron chi connectivity index (χ2n) is 6.31. The highest BCUT2D eigenvalue weighted by Crippen LogP contribution is 2.51. The molecule has 0 saturated carbocycles. The Bertz CT molecular complexity index is 634. The predicted molar refractivity (Wildman–Crippen MR) is 77.1 cm³/mol. The van der Waals surface area contributed by atoms with E-state index in [9.17, 15) is 23.8 Å². The van der Waals surface area contributed by atoms with Gasteiger partial charge in [0.15, 0.2) is 11.5 Å². The molecule has 7 nitrogen and oxygen atoms in total. The van der Waals surface area contributed by atoms with E-state index in [4.69, 9.17) is 10.5 Å². The fourth-order valence-electron chi connectivity index (χ4n) is 2.84. The molecule has 124 valence electrons. The van der Waals surface area contributed by atoms with Gasteiger partial charge in [-0.25, -0.2) is 4.79 Å². The first-order chi connectivity index (χ1) is 9.99. The minimum atomic E-state index is -3.77. The Balaban J connectivity index is 2.78. The zero-order valence-corrected chi connectivity index (χ0v) is 13.5. The van der Waals surface area contributed by atoms with Gasteiger partial charge in [0.1, 0.15) is 20.0 Å². The molecule has 1 aliphatic heterocycles. The number of nitrogens with zero attached hydrogens (tertiary/aromatic N) is 2. The first-order valence-electron chi connectivity index (χ1n) is 6.69. The van der Waals surface area contributed by atoms with Crippen molar-refractivity contribution in [2.24, 2.45) is 0 Å². The SMILES string of the molecule is C[Si](C)(C)[C@@]1(n2ccc(N)nc2=O)O[C@H](CO)[C@@H](O)C1(F)F. The van der Waals surface area contributed by atoms with Gasteiger partial charge in [0.25, 0.3) is 0 Å². The normalized spacial score (nSPS) is 31.4. The number of nitrogens with two attached hydrogens (primary N) is 1. The third kappa shape index (κ3) is 2.09. The Hall–Kier alpha value is -1.36. The van der Waals surface area contributed by atoms with Crippen LogP contribution in [0, 0.1) is 0 Å². The number of ether oxygens (including phenoxy) is 1. The molecule has 0 aliphatic carbocycles. The maximum absolute atomic E-state index is 14.9. The molecule has 1 aromatic rings. The lowest BCUT2D eigenvalue weighted by atomic mass is 10.1. The van der Waals surface area contributed by atoms with Crippen LogP contribution in [0.15, 0.2) is 17.1 Å². The maximum atomic E-state index is 14.9. The van der Waals surface area contributed by atoms with E-state index in [1.54, 1.807) is 19.6 Å². The van der Waals surface area contributed by atoms with Crippen LogP contribution >= 0.6 is 0 Å². The summed E-state index contributed by atoms with van der Waals surface area (Å²) in [6.07, 6.45) is -2.64. The lowest BCUT2D eigenvalue weighted by Crippen LogP contribution is -2.67. The van der Waals surface area contributed by atoms with Crippen LogP contribution in [0.25, 0.3) is 0 Å². The molecule has 1 saturated heterocycles. The minimum Gasteiger partial charge on any atom is -0.394 e. The number of halogens is 2. The molecule has 0 unspecified atom stereocenters. The van der Waals surface area contributed by atoms with Crippen molar-refractivity contribution in [3.63, 3.8) is 0 Å². The molecule has 4 N–H and O–H groups in total. The summed E-state index contributed by atoms with van der Waals surface area (Å²) in [5.41, 5.74) is 4.40. The first-order valence-corrected chi connectivity index (χ1v) is 10.2. The number of aromatic nitrogens is 2. The number of anilines is 1. The highest BCUT2D eigenvalue weighted by Gasteiger charge is 2.74. The number of hydrogen-bond acceptors (Lipinski definition) is 6. The van der Waals surface area contributed by atoms with Crippen LogP contribution in [0.3, 0.4) is 0 Å². The van der Waals surface area contributed by atoms with E-state index in [0.717, 1.165) is 6.20 Å². The van der Waals surface area contributed by atoms with E-state index >= 15 is 0 Å². The molecule has 2 rings (SSSR count). The van der Waals surface area contributed by atoms with Crippen molar-refractivity contribution in [3.8, 4) is 0 Å². The highest BCUT2D eigenvalue weighted by atomic mass is 28.3. The Kier molecular flexibility index (Phi) is 3.93. The van der Waals surface area contributed by atoms with Crippen LogP contribution in [-0.4, -0.2) is 52.6 Å². The molecule has 0 bridgehead atoms. The summed E-state index contributed by atoms with van der Waals surface area (Å²) in [5.74, 6) is -3.88. The molecular weight excluding hydrogens is 316 g/mol. The number of aliphatic hydroxyl groups excluding tert-OH is 2. The van der Waals surface area contributed by atoms with Crippen molar-refractivity contribution in [1.82, 2.24) is 9.55 Å². The number of rotatable bonds is 3. The number of nitrogen functional groups attached to an aromatic ring is 1. The molecule has 1 aliphatic rings. The van der Waals surface area contributed by atoms with E-state index in [-0.39, 0.29) is 5.82 Å². The van der Waals surface area contributed by atoms with Gasteiger partial charge in [-0.2, -0.15) is 13.8 Å². The summed E-state index contributed by atoms with van der Waals surface area (Å²) in [6, 6.07) is 1.21. The molecule has 2 heterocycles. The van der Waals surface area contributed by atoms with Crippen LogP contribution in [0.5, 0.6) is 0 Å². The van der Waals surface area contributed by atoms with E-state index in [1.165, 1.54) is 6.07 Å². The van der Waals surface area contributed by atoms with Gasteiger partial charge >= 0.3 is 11.6 Å². The zero-order valence-electron chi connectivity index (χ0n) is 12.5. The molecule has 3 atom stereocenters. The van der Waals surface area contributed by atoms with Crippen LogP contribution in [-0.2, 0) is 10.1 Å². The van der Waals surface area contributed by atoms with E-state index in [2.05, 4.69) is 4.98 Å². The van der Waals surface area contributed by atoms with Crippen molar-refractivity contribution in [1.29, 1.82) is 0 Å². The summed E-state index contributed by atoms with van der Waals surface area (Å²) < 4.78 is 35.9. The fourth-order valence-corrected chi connectivity index (χ4v) is 5.39. The highest BCUT2D eigenvalue weighted by molar-refractivity contribution is 6.78. The monoisotopic (exact) mass is 335 g/mol. The first kappa shape index (κ1) is 17.0. The summed E-state index contributed by atoms with van der Waals surface area (Å²) in [4.78, 5) is 15.6. The van der Waals surface area contributed by atoms with Gasteiger partial charge in [0.2, 0.25) is 0 Å². The molecule has 1 aromatic heterocycles. The van der Waals surface area contributed by atoms with Crippen molar-refractivity contribution >= 4 is 13.9 Å². The quantitative estimate of drug-likeness (QED) is 0.657. The molecule has 0 spiro atoms. The van der Waals surface area contributed by atoms with Crippen LogP contribution in [0.2, 0.25) is 19.6 Å². The van der Waals surface area contributed by atoms with E-state index in [0.29, 0.717) is 4.57 Å². The topological polar surface area (TPSA) is 111 Å². The number of hydrogen-bond donors (Lipinski definition) is 3. The number of aliphatic hydroxyl groups is 2. The van der Waals surface area contributed by atoms with Crippen LogP contribution in [0.4, 0.5) is 14.6 Å². The average Bonchev–Trinajstić information content (AvgIpc) is 2.59. The number of alkyl halides is 2. The molecule has 22 heavy (non-hydrogen) atoms. The minimum absolute atomic E-state index is 0.104. The van der Waals surface area contributed by atoms with Gasteiger partial charge in [0, 0.05) is 6.20 Å². The predicted octanol–water partition coefficient (Wildman–Crippen LogP) is -0.257. The third-order valence-electron chi connectivity index (χ3n) is 3.86. The van der Waals surface area contributed by atoms with Gasteiger partial charge in [-0.3, -0.25) is 4.57 Å². The summed E-state index contributed by atoms with van der Waals surface area (Å²) >= 11 is 0. The smallest absolute Gasteiger partial charge is 0.351 e. The van der Waals surface area contributed by atoms with E-state index in [1.807, 2.05) is 0 Å². The Labute approximate surface area is 126 Å². The van der Waals surface area contributed by atoms with Gasteiger partial charge in [-0.1, -0.05) is 19.6 Å². The molecule has 0 aromatic carbocycles. The van der Waals surface area contributed by atoms with Crippen molar-refractivity contribution < 1.29 is 23.7 Å². The van der Waals surface area contributed by atoms with Gasteiger partial charge < -0.3 is 20.7 Å². The van der Waals surface area contributed by atoms with Crippen molar-refractivity contribution in [3.05, 3.63) is 22.7 Å². The Morgan fingerprint density at radius 1 is 1.50 bits per heavy atom. The Morgan fingerprint density at radius 2 is 2.09 bits per heavy atom. The molecular formula is C12H19F2N3O4Si. The van der Waals surface area contributed by atoms with Gasteiger partial charge in [0.05, 0.1) is 6.61 Å². The second-order valence-corrected chi connectivity index (χ2v) is 11.5. The van der Waals surface area contributed by atoms with Gasteiger partial charge in [-0.05, 0) is 6.07 Å². The zero-order chi connectivity index (χ0) is 16.9. The molecule has 0 amide bonds. The molecule has 0 radical (unpaired) electrons. The Morgan fingerprint density at radius 3 is 2.50 bits per heavy atom. The summed E-state index contributed by atoms with van der Waals surface area (Å²) in [5, 5.41) is 16.7. The fraction of sp³-hybridized carbons (Fsp3) is 0.667. The lowest BCUT2D eigenvalue weighted by Gasteiger charge is -2.44. The second kappa shape index (κ2) is 5.08. The summed E-state index contributed by atoms with van der Waals surface area (Å²) in [7, 11) is -2.96. The largest absolute Gasteiger partial charge is 0.394 e. The maximum Gasteiger partial charge on any atom is 0.351 e. The molecule has 1 fully saturated rings.